The highest BCUT2D eigenvalue weighted by atomic mass is 16.5. The first kappa shape index (κ1) is 23.6. The van der Waals surface area contributed by atoms with E-state index in [0.717, 1.165) is 76.6 Å². The summed E-state index contributed by atoms with van der Waals surface area (Å²) in [6.45, 7) is 15.9. The van der Waals surface area contributed by atoms with Gasteiger partial charge in [-0.25, -0.2) is 4.99 Å². The minimum atomic E-state index is 0.253. The highest BCUT2D eigenvalue weighted by Gasteiger charge is 2.14. The number of aryl methyl sites for hydroxylation is 1. The molecule has 0 saturated carbocycles. The molecule has 2 N–H and O–H groups in total. The Morgan fingerprint density at radius 2 is 1.93 bits per heavy atom. The summed E-state index contributed by atoms with van der Waals surface area (Å²) in [4.78, 5) is 7.13. The summed E-state index contributed by atoms with van der Waals surface area (Å²) in [5, 5.41) is 15.2. The molecule has 2 heterocycles. The highest BCUT2D eigenvalue weighted by molar-refractivity contribution is 5.79. The van der Waals surface area contributed by atoms with Crippen LogP contribution >= 0.6 is 0 Å². The van der Waals surface area contributed by atoms with Crippen molar-refractivity contribution in [1.82, 2.24) is 30.3 Å². The van der Waals surface area contributed by atoms with Crippen molar-refractivity contribution >= 4 is 5.96 Å². The molecular formula is C20H39N7O2. The topological polar surface area (TPSA) is 88.8 Å². The summed E-state index contributed by atoms with van der Waals surface area (Å²) < 4.78 is 13.2. The number of hydrogen-bond acceptors (Lipinski definition) is 6. The number of nitrogens with one attached hydrogen (secondary N) is 2. The van der Waals surface area contributed by atoms with E-state index in [1.807, 2.05) is 25.5 Å². The van der Waals surface area contributed by atoms with Gasteiger partial charge in [0, 0.05) is 46.4 Å². The Balaban J connectivity index is 1.88. The second-order valence-electron chi connectivity index (χ2n) is 7.72. The van der Waals surface area contributed by atoms with E-state index in [4.69, 9.17) is 14.5 Å². The second-order valence-corrected chi connectivity index (χ2v) is 7.72. The number of nitrogens with zero attached hydrogens (tertiary/aromatic N) is 5. The van der Waals surface area contributed by atoms with Gasteiger partial charge in [0.1, 0.15) is 12.4 Å². The quantitative estimate of drug-likeness (QED) is 0.415. The molecule has 0 bridgehead atoms. The summed E-state index contributed by atoms with van der Waals surface area (Å²) in [5.41, 5.74) is 0. The van der Waals surface area contributed by atoms with Crippen LogP contribution < -0.4 is 10.6 Å². The van der Waals surface area contributed by atoms with Gasteiger partial charge in [-0.2, -0.15) is 0 Å². The summed E-state index contributed by atoms with van der Waals surface area (Å²) in [6.07, 6.45) is 1.20. The molecule has 0 radical (unpaired) electrons. The maximum absolute atomic E-state index is 5.85. The molecule has 2 rings (SSSR count). The van der Waals surface area contributed by atoms with Gasteiger partial charge in [0.15, 0.2) is 11.8 Å². The van der Waals surface area contributed by atoms with Crippen LogP contribution in [0.25, 0.3) is 0 Å². The number of rotatable bonds is 11. The summed E-state index contributed by atoms with van der Waals surface area (Å²) in [5.74, 6) is 3.04. The number of ether oxygens (including phenoxy) is 2. The molecule has 0 aromatic carbocycles. The van der Waals surface area contributed by atoms with Gasteiger partial charge in [-0.1, -0.05) is 13.8 Å². The van der Waals surface area contributed by atoms with Crippen LogP contribution in [0.5, 0.6) is 0 Å². The molecule has 0 amide bonds. The van der Waals surface area contributed by atoms with Crippen LogP contribution in [0.2, 0.25) is 0 Å². The Kier molecular flexibility index (Phi) is 10.4. The largest absolute Gasteiger partial charge is 0.379 e. The standard InChI is InChI=1S/C20H39N7O2/c1-6-29-18(16(2)3)7-8-21-20(22-9-10-27-11-13-28-14-12-27)23-15-19-25-24-17(4)26(19)5/h16,18H,6-15H2,1-5H3,(H2,21,22,23). The molecule has 1 aliphatic rings. The predicted molar refractivity (Wildman–Crippen MR) is 115 cm³/mol. The number of hydrogen-bond donors (Lipinski definition) is 2. The van der Waals surface area contributed by atoms with Crippen molar-refractivity contribution in [3.63, 3.8) is 0 Å². The Labute approximate surface area is 175 Å². The zero-order chi connectivity index (χ0) is 21.1. The first-order chi connectivity index (χ1) is 14.0. The van der Waals surface area contributed by atoms with Crippen LogP contribution in [0.3, 0.4) is 0 Å². The molecule has 1 aliphatic heterocycles. The third-order valence-corrected chi connectivity index (χ3v) is 5.23. The molecule has 166 valence electrons. The van der Waals surface area contributed by atoms with Gasteiger partial charge < -0.3 is 24.7 Å². The van der Waals surface area contributed by atoms with Crippen LogP contribution in [0.4, 0.5) is 0 Å². The predicted octanol–water partition coefficient (Wildman–Crippen LogP) is 0.942. The highest BCUT2D eigenvalue weighted by Crippen LogP contribution is 2.10. The molecule has 1 fully saturated rings. The van der Waals surface area contributed by atoms with Crippen molar-refractivity contribution in [2.75, 3.05) is 52.5 Å². The van der Waals surface area contributed by atoms with Crippen molar-refractivity contribution < 1.29 is 9.47 Å². The number of aliphatic imine (C=N–C) groups is 1. The van der Waals surface area contributed by atoms with E-state index < -0.39 is 0 Å². The molecule has 1 saturated heterocycles. The first-order valence-corrected chi connectivity index (χ1v) is 10.8. The monoisotopic (exact) mass is 409 g/mol. The lowest BCUT2D eigenvalue weighted by atomic mass is 10.0. The van der Waals surface area contributed by atoms with Gasteiger partial charge in [-0.3, -0.25) is 4.90 Å². The molecule has 0 aliphatic carbocycles. The third-order valence-electron chi connectivity index (χ3n) is 5.23. The fourth-order valence-electron chi connectivity index (χ4n) is 3.23. The van der Waals surface area contributed by atoms with E-state index >= 15 is 0 Å². The lowest BCUT2D eigenvalue weighted by molar-refractivity contribution is 0.0258. The molecule has 9 nitrogen and oxygen atoms in total. The lowest BCUT2D eigenvalue weighted by Crippen LogP contribution is -2.45. The Morgan fingerprint density at radius 3 is 2.55 bits per heavy atom. The molecule has 1 aromatic heterocycles. The van der Waals surface area contributed by atoms with Crippen molar-refractivity contribution in [2.24, 2.45) is 18.0 Å². The van der Waals surface area contributed by atoms with Gasteiger partial charge in [-0.05, 0) is 26.2 Å². The number of morpholine rings is 1. The Hall–Kier alpha value is -1.71. The SMILES string of the molecule is CCOC(CCNC(=NCc1nnc(C)n1C)NCCN1CCOCC1)C(C)C. The molecule has 1 aromatic rings. The average Bonchev–Trinajstić information content (AvgIpc) is 3.03. The Morgan fingerprint density at radius 1 is 1.21 bits per heavy atom. The normalized spacial score (nSPS) is 17.0. The first-order valence-electron chi connectivity index (χ1n) is 10.8. The van der Waals surface area contributed by atoms with E-state index in [1.54, 1.807) is 0 Å². The van der Waals surface area contributed by atoms with Gasteiger partial charge in [0.05, 0.1) is 19.3 Å². The van der Waals surface area contributed by atoms with E-state index in [-0.39, 0.29) is 6.10 Å². The number of aromatic nitrogens is 3. The van der Waals surface area contributed by atoms with Gasteiger partial charge in [0.25, 0.3) is 0 Å². The van der Waals surface area contributed by atoms with Crippen LogP contribution in [-0.4, -0.2) is 84.3 Å². The smallest absolute Gasteiger partial charge is 0.191 e. The minimum absolute atomic E-state index is 0.253. The molecule has 9 heteroatoms. The van der Waals surface area contributed by atoms with Crippen LogP contribution in [0, 0.1) is 12.8 Å². The van der Waals surface area contributed by atoms with Gasteiger partial charge >= 0.3 is 0 Å². The molecule has 29 heavy (non-hydrogen) atoms. The average molecular weight is 410 g/mol. The zero-order valence-electron chi connectivity index (χ0n) is 18.8. The summed E-state index contributed by atoms with van der Waals surface area (Å²) in [6, 6.07) is 0. The minimum Gasteiger partial charge on any atom is -0.379 e. The van der Waals surface area contributed by atoms with Gasteiger partial charge in [-0.15, -0.1) is 10.2 Å². The van der Waals surface area contributed by atoms with Crippen LogP contribution in [0.1, 0.15) is 38.8 Å². The van der Waals surface area contributed by atoms with Crippen molar-refractivity contribution in [1.29, 1.82) is 0 Å². The fourth-order valence-corrected chi connectivity index (χ4v) is 3.23. The molecular weight excluding hydrogens is 370 g/mol. The van der Waals surface area contributed by atoms with Crippen molar-refractivity contribution in [2.45, 2.75) is 46.8 Å². The summed E-state index contributed by atoms with van der Waals surface area (Å²) in [7, 11) is 1.97. The van der Waals surface area contributed by atoms with E-state index in [9.17, 15) is 0 Å². The van der Waals surface area contributed by atoms with E-state index in [0.29, 0.717) is 12.5 Å². The van der Waals surface area contributed by atoms with E-state index in [1.165, 1.54) is 0 Å². The van der Waals surface area contributed by atoms with Gasteiger partial charge in [0.2, 0.25) is 0 Å². The third kappa shape index (κ3) is 8.28. The molecule has 1 unspecified atom stereocenters. The molecule has 1 atom stereocenters. The number of guanidine groups is 1. The Bertz CT molecular complexity index is 612. The van der Waals surface area contributed by atoms with Crippen LogP contribution in [0.15, 0.2) is 4.99 Å². The van der Waals surface area contributed by atoms with Crippen LogP contribution in [-0.2, 0) is 23.1 Å². The maximum Gasteiger partial charge on any atom is 0.191 e. The van der Waals surface area contributed by atoms with Crippen molar-refractivity contribution in [3.05, 3.63) is 11.6 Å². The lowest BCUT2D eigenvalue weighted by Gasteiger charge is -2.27. The van der Waals surface area contributed by atoms with Crippen molar-refractivity contribution in [3.8, 4) is 0 Å². The molecule has 0 spiro atoms. The van der Waals surface area contributed by atoms with E-state index in [2.05, 4.69) is 39.6 Å². The second kappa shape index (κ2) is 12.8. The zero-order valence-corrected chi connectivity index (χ0v) is 18.8. The summed E-state index contributed by atoms with van der Waals surface area (Å²) >= 11 is 0. The fraction of sp³-hybridized carbons (Fsp3) is 0.850. The maximum atomic E-state index is 5.85.